The maximum Gasteiger partial charge on any atom is 0.197 e. The van der Waals surface area contributed by atoms with Crippen molar-refractivity contribution in [1.29, 1.82) is 0 Å². The number of hydrogen-bond acceptors (Lipinski definition) is 5. The zero-order valence-corrected chi connectivity index (χ0v) is 37.1. The van der Waals surface area contributed by atoms with Gasteiger partial charge in [-0.2, -0.15) is 0 Å². The normalized spacial score (nSPS) is 16.3. The van der Waals surface area contributed by atoms with Crippen LogP contribution in [0.5, 0.6) is 0 Å². The van der Waals surface area contributed by atoms with E-state index in [1.165, 1.54) is 71.0 Å². The average molecular weight is 838 g/mol. The van der Waals surface area contributed by atoms with E-state index < -0.39 is 0 Å². The number of ketones is 2. The van der Waals surface area contributed by atoms with Crippen molar-refractivity contribution in [3.8, 4) is 42.4 Å². The van der Waals surface area contributed by atoms with Crippen LogP contribution in [0, 0.1) is 0 Å². The molecule has 0 bridgehead atoms. The smallest absolute Gasteiger partial charge is 0.197 e. The van der Waals surface area contributed by atoms with Gasteiger partial charge in [0.2, 0.25) is 0 Å². The molecule has 2 heterocycles. The number of carbonyl (C=O) groups excluding carboxylic acids is 2. The van der Waals surface area contributed by atoms with Crippen molar-refractivity contribution in [3.05, 3.63) is 201 Å². The van der Waals surface area contributed by atoms with Crippen LogP contribution in [-0.4, -0.2) is 11.6 Å². The summed E-state index contributed by atoms with van der Waals surface area (Å²) in [7, 11) is 0. The van der Waals surface area contributed by atoms with Crippen molar-refractivity contribution in [2.45, 2.75) is 57.8 Å². The molecule has 8 aromatic rings. The van der Waals surface area contributed by atoms with Gasteiger partial charge in [0.25, 0.3) is 0 Å². The quantitative estimate of drug-likeness (QED) is 0.128. The number of Topliss-reactive ketones (excluding diaryl/α,β-unsaturated/α-hetero) is 2. The number of nitrogens with zero attached hydrogens (tertiary/aromatic N) is 1. The van der Waals surface area contributed by atoms with Gasteiger partial charge in [0.15, 0.2) is 11.6 Å². The number of carbonyl (C=O) groups is 2. The molecule has 0 saturated carbocycles. The summed E-state index contributed by atoms with van der Waals surface area (Å²) in [5.41, 5.74) is 18.9. The van der Waals surface area contributed by atoms with Gasteiger partial charge >= 0.3 is 0 Å². The molecule has 0 radical (unpaired) electrons. The second kappa shape index (κ2) is 12.8. The average Bonchev–Trinajstić information content (AvgIpc) is 4.11. The molecule has 62 heavy (non-hydrogen) atoms. The number of hydrogen-bond donors (Lipinski definition) is 0. The number of allylic oxidation sites excluding steroid dienone is 1. The van der Waals surface area contributed by atoms with Gasteiger partial charge in [0.1, 0.15) is 0 Å². The topological polar surface area (TPSA) is 37.4 Å². The van der Waals surface area contributed by atoms with E-state index in [0.29, 0.717) is 11.1 Å². The molecule has 4 aliphatic rings. The molecule has 0 aliphatic heterocycles. The van der Waals surface area contributed by atoms with Crippen LogP contribution in [0.4, 0.5) is 17.1 Å². The Morgan fingerprint density at radius 3 is 1.37 bits per heavy atom. The van der Waals surface area contributed by atoms with Crippen molar-refractivity contribution < 1.29 is 9.59 Å². The monoisotopic (exact) mass is 837 g/mol. The van der Waals surface area contributed by atoms with Crippen LogP contribution in [0.3, 0.4) is 0 Å². The maximum absolute atomic E-state index is 13.1. The van der Waals surface area contributed by atoms with E-state index in [9.17, 15) is 9.59 Å². The van der Waals surface area contributed by atoms with E-state index >= 15 is 0 Å². The first-order valence-corrected chi connectivity index (χ1v) is 23.0. The molecule has 0 saturated heterocycles. The highest BCUT2D eigenvalue weighted by atomic mass is 32.1. The van der Waals surface area contributed by atoms with Crippen LogP contribution in [-0.2, 0) is 16.2 Å². The van der Waals surface area contributed by atoms with Crippen LogP contribution in [0.2, 0.25) is 0 Å². The molecule has 4 aliphatic carbocycles. The number of thiophene rings is 2. The summed E-state index contributed by atoms with van der Waals surface area (Å²) in [6, 6.07) is 52.6. The molecule has 3 nitrogen and oxygen atoms in total. The second-order valence-corrected chi connectivity index (χ2v) is 21.0. The van der Waals surface area contributed by atoms with Crippen molar-refractivity contribution in [2.75, 3.05) is 4.90 Å². The van der Waals surface area contributed by atoms with E-state index in [4.69, 9.17) is 0 Å². The van der Waals surface area contributed by atoms with Gasteiger partial charge in [0, 0.05) is 63.9 Å². The molecule has 0 spiro atoms. The van der Waals surface area contributed by atoms with Crippen LogP contribution >= 0.6 is 22.7 Å². The SMILES string of the molecule is CC1(C)c2ccccc2-c2ccc(N(c3ccc4c(c3)C(C)(C)c3ccccc3-4)c3ccc4c(c3)C(C)(C)c3cc(-c5ccc(C=C6C(=O)c7ccccc7C6=O)s5)sc3-4)cc21. The predicted molar refractivity (Wildman–Crippen MR) is 258 cm³/mol. The minimum atomic E-state index is -0.235. The summed E-state index contributed by atoms with van der Waals surface area (Å²) in [4.78, 5) is 33.3. The first-order valence-electron chi connectivity index (χ1n) is 21.4. The third-order valence-electron chi connectivity index (χ3n) is 14.3. The minimum absolute atomic E-state index is 0.126. The zero-order valence-electron chi connectivity index (χ0n) is 35.5. The third kappa shape index (κ3) is 5.10. The highest BCUT2D eigenvalue weighted by Gasteiger charge is 2.41. The summed E-state index contributed by atoms with van der Waals surface area (Å²) < 4.78 is 0. The van der Waals surface area contributed by atoms with E-state index in [0.717, 1.165) is 26.8 Å². The number of fused-ring (bicyclic) bond motifs is 10. The lowest BCUT2D eigenvalue weighted by Gasteiger charge is -2.31. The molecule has 6 aromatic carbocycles. The molecule has 2 aromatic heterocycles. The van der Waals surface area contributed by atoms with Crippen molar-refractivity contribution in [1.82, 2.24) is 0 Å². The highest BCUT2D eigenvalue weighted by molar-refractivity contribution is 7.24. The number of rotatable bonds is 5. The van der Waals surface area contributed by atoms with Gasteiger partial charge in [-0.3, -0.25) is 9.59 Å². The Morgan fingerprint density at radius 2 is 0.839 bits per heavy atom. The first-order chi connectivity index (χ1) is 29.8. The summed E-state index contributed by atoms with van der Waals surface area (Å²) in [6.45, 7) is 14.1. The van der Waals surface area contributed by atoms with Gasteiger partial charge < -0.3 is 4.90 Å². The summed E-state index contributed by atoms with van der Waals surface area (Å²) >= 11 is 3.46. The number of anilines is 3. The Balaban J connectivity index is 0.946. The molecule has 0 N–H and O–H groups in total. The standard InChI is InChI=1S/C57H43NO2S2/c1-55(2)44-17-11-9-13-36(44)38-23-19-32(27-46(38)55)58(33-20-24-39-37-14-10-12-18-45(37)56(3,4)47(39)28-33)34-21-25-42-48(29-34)57(5,6)49-31-51(62-54(42)49)50-26-22-35(61-50)30-43-52(59)40-15-7-8-16-41(40)53(43)60/h7-31H,1-6H3. The van der Waals surface area contributed by atoms with Crippen LogP contribution < -0.4 is 4.90 Å². The minimum Gasteiger partial charge on any atom is -0.310 e. The summed E-state index contributed by atoms with van der Waals surface area (Å²) in [5, 5.41) is 0. The van der Waals surface area contributed by atoms with E-state index in [-0.39, 0.29) is 33.4 Å². The lowest BCUT2D eigenvalue weighted by molar-refractivity contribution is 0.0990. The fraction of sp³-hybridized carbons (Fsp3) is 0.158. The molecule has 12 rings (SSSR count). The lowest BCUT2D eigenvalue weighted by Crippen LogP contribution is -2.19. The molecule has 300 valence electrons. The van der Waals surface area contributed by atoms with Crippen molar-refractivity contribution in [2.24, 2.45) is 0 Å². The molecule has 0 atom stereocenters. The number of benzene rings is 6. The fourth-order valence-electron chi connectivity index (χ4n) is 10.9. The van der Waals surface area contributed by atoms with Gasteiger partial charge in [-0.05, 0) is 122 Å². The largest absolute Gasteiger partial charge is 0.310 e. The molecule has 0 amide bonds. The Labute approximate surface area is 370 Å². The molecular weight excluding hydrogens is 795 g/mol. The summed E-state index contributed by atoms with van der Waals surface area (Å²) in [6.07, 6.45) is 1.77. The molecule has 0 unspecified atom stereocenters. The lowest BCUT2D eigenvalue weighted by atomic mass is 9.81. The van der Waals surface area contributed by atoms with Crippen molar-refractivity contribution in [3.63, 3.8) is 0 Å². The highest BCUT2D eigenvalue weighted by Crippen LogP contribution is 2.57. The van der Waals surface area contributed by atoms with Gasteiger partial charge in [-0.1, -0.05) is 133 Å². The van der Waals surface area contributed by atoms with Crippen molar-refractivity contribution >= 4 is 57.4 Å². The molecule has 5 heteroatoms. The molecular formula is C57H43NO2S2. The van der Waals surface area contributed by atoms with E-state index in [1.54, 1.807) is 29.5 Å². The Kier molecular flexibility index (Phi) is 7.73. The van der Waals surface area contributed by atoms with Crippen LogP contribution in [0.15, 0.2) is 151 Å². The Morgan fingerprint density at radius 1 is 0.403 bits per heavy atom. The molecule has 0 fully saturated rings. The van der Waals surface area contributed by atoms with Gasteiger partial charge in [-0.25, -0.2) is 0 Å². The Bertz CT molecular complexity index is 3190. The van der Waals surface area contributed by atoms with Gasteiger partial charge in [-0.15, -0.1) is 22.7 Å². The fourth-order valence-corrected chi connectivity index (χ4v) is 13.3. The Hall–Kier alpha value is -6.40. The zero-order chi connectivity index (χ0) is 42.4. The first kappa shape index (κ1) is 37.4. The van der Waals surface area contributed by atoms with Crippen LogP contribution in [0.1, 0.15) is 101 Å². The van der Waals surface area contributed by atoms with Crippen LogP contribution in [0.25, 0.3) is 48.5 Å². The third-order valence-corrected chi connectivity index (χ3v) is 16.7. The predicted octanol–water partition coefficient (Wildman–Crippen LogP) is 15.3. The maximum atomic E-state index is 13.1. The summed E-state index contributed by atoms with van der Waals surface area (Å²) in [5.74, 6) is -0.383. The second-order valence-electron chi connectivity index (χ2n) is 18.8. The van der Waals surface area contributed by atoms with E-state index in [2.05, 4.69) is 162 Å². The van der Waals surface area contributed by atoms with Gasteiger partial charge in [0.05, 0.1) is 5.57 Å². The van der Waals surface area contributed by atoms with E-state index in [1.807, 2.05) is 29.5 Å².